The zero-order valence-electron chi connectivity index (χ0n) is 11.0. The van der Waals surface area contributed by atoms with Crippen LogP contribution in [0.1, 0.15) is 44.9 Å². The second-order valence-corrected chi connectivity index (χ2v) is 5.93. The van der Waals surface area contributed by atoms with E-state index in [4.69, 9.17) is 0 Å². The SMILES string of the molecule is O=C1NC2NC(C3CCCCC3)CCC2C(=O)N1O. The quantitative estimate of drug-likeness (QED) is 0.624. The maximum Gasteiger partial charge on any atom is 0.349 e. The number of hydrogen-bond donors (Lipinski definition) is 3. The second kappa shape index (κ2) is 5.09. The topological polar surface area (TPSA) is 81.7 Å². The molecule has 0 spiro atoms. The van der Waals surface area contributed by atoms with Gasteiger partial charge >= 0.3 is 6.03 Å². The van der Waals surface area contributed by atoms with Gasteiger partial charge in [-0.15, -0.1) is 5.06 Å². The Morgan fingerprint density at radius 3 is 2.53 bits per heavy atom. The molecule has 0 radical (unpaired) electrons. The molecule has 2 aliphatic heterocycles. The highest BCUT2D eigenvalue weighted by Crippen LogP contribution is 2.33. The van der Waals surface area contributed by atoms with Crippen LogP contribution in [0.2, 0.25) is 0 Å². The highest BCUT2D eigenvalue weighted by molar-refractivity contribution is 5.97. The van der Waals surface area contributed by atoms with Gasteiger partial charge in [0, 0.05) is 6.04 Å². The molecular weight excluding hydrogens is 246 g/mol. The molecule has 0 bridgehead atoms. The van der Waals surface area contributed by atoms with Crippen molar-refractivity contribution in [3.8, 4) is 0 Å². The Balaban J connectivity index is 1.66. The molecule has 19 heavy (non-hydrogen) atoms. The third kappa shape index (κ3) is 2.34. The fourth-order valence-corrected chi connectivity index (χ4v) is 3.72. The Morgan fingerprint density at radius 1 is 1.05 bits per heavy atom. The first-order chi connectivity index (χ1) is 9.16. The Kier molecular flexibility index (Phi) is 3.45. The van der Waals surface area contributed by atoms with E-state index in [0.29, 0.717) is 12.0 Å². The van der Waals surface area contributed by atoms with Crippen molar-refractivity contribution in [3.05, 3.63) is 0 Å². The van der Waals surface area contributed by atoms with Crippen molar-refractivity contribution in [2.75, 3.05) is 0 Å². The normalized spacial score (nSPS) is 36.9. The van der Waals surface area contributed by atoms with Crippen molar-refractivity contribution in [2.45, 2.75) is 57.2 Å². The van der Waals surface area contributed by atoms with Crippen LogP contribution in [0.25, 0.3) is 0 Å². The van der Waals surface area contributed by atoms with E-state index >= 15 is 0 Å². The van der Waals surface area contributed by atoms with Crippen molar-refractivity contribution in [3.63, 3.8) is 0 Å². The Bertz CT molecular complexity index is 381. The summed E-state index contributed by atoms with van der Waals surface area (Å²) in [6.07, 6.45) is 7.73. The average Bonchev–Trinajstić information content (AvgIpc) is 2.45. The fourth-order valence-electron chi connectivity index (χ4n) is 3.72. The number of nitrogens with zero attached hydrogens (tertiary/aromatic N) is 1. The molecule has 3 fully saturated rings. The number of amides is 3. The maximum absolute atomic E-state index is 11.8. The number of urea groups is 1. The summed E-state index contributed by atoms with van der Waals surface area (Å²) in [5, 5.41) is 15.6. The number of hydrogen-bond acceptors (Lipinski definition) is 4. The van der Waals surface area contributed by atoms with Crippen molar-refractivity contribution < 1.29 is 14.8 Å². The van der Waals surface area contributed by atoms with Gasteiger partial charge in [0.2, 0.25) is 0 Å². The summed E-state index contributed by atoms with van der Waals surface area (Å²) in [7, 11) is 0. The molecule has 106 valence electrons. The van der Waals surface area contributed by atoms with Crippen LogP contribution in [-0.4, -0.2) is 34.4 Å². The van der Waals surface area contributed by atoms with Gasteiger partial charge in [-0.3, -0.25) is 15.3 Å². The van der Waals surface area contributed by atoms with Gasteiger partial charge in [-0.25, -0.2) is 4.79 Å². The van der Waals surface area contributed by atoms with Gasteiger partial charge in [-0.05, 0) is 31.6 Å². The molecule has 3 N–H and O–H groups in total. The number of carbonyl (C=O) groups is 2. The molecule has 0 aromatic heterocycles. The van der Waals surface area contributed by atoms with E-state index in [1.165, 1.54) is 32.1 Å². The van der Waals surface area contributed by atoms with Gasteiger partial charge in [0.25, 0.3) is 5.91 Å². The monoisotopic (exact) mass is 267 g/mol. The van der Waals surface area contributed by atoms with Crippen LogP contribution in [0.5, 0.6) is 0 Å². The van der Waals surface area contributed by atoms with E-state index in [1.807, 2.05) is 0 Å². The van der Waals surface area contributed by atoms with E-state index < -0.39 is 11.9 Å². The van der Waals surface area contributed by atoms with Crippen molar-refractivity contribution >= 4 is 11.9 Å². The number of nitrogens with one attached hydrogen (secondary N) is 2. The Morgan fingerprint density at radius 2 is 1.79 bits per heavy atom. The zero-order chi connectivity index (χ0) is 13.4. The molecule has 6 nitrogen and oxygen atoms in total. The number of piperidine rings is 1. The summed E-state index contributed by atoms with van der Waals surface area (Å²) < 4.78 is 0. The molecule has 6 heteroatoms. The lowest BCUT2D eigenvalue weighted by atomic mass is 9.78. The third-order valence-electron chi connectivity index (χ3n) is 4.80. The number of fused-ring (bicyclic) bond motifs is 1. The summed E-state index contributed by atoms with van der Waals surface area (Å²) in [4.78, 5) is 23.3. The second-order valence-electron chi connectivity index (χ2n) is 5.93. The molecule has 0 aromatic rings. The van der Waals surface area contributed by atoms with Gasteiger partial charge in [0.1, 0.15) is 0 Å². The first-order valence-corrected chi connectivity index (χ1v) is 7.26. The minimum Gasteiger partial charge on any atom is -0.320 e. The van der Waals surface area contributed by atoms with E-state index in [2.05, 4.69) is 10.6 Å². The van der Waals surface area contributed by atoms with E-state index in [-0.39, 0.29) is 17.1 Å². The summed E-state index contributed by atoms with van der Waals surface area (Å²) >= 11 is 0. The lowest BCUT2D eigenvalue weighted by Crippen LogP contribution is -2.67. The molecule has 3 rings (SSSR count). The molecule has 3 unspecified atom stereocenters. The van der Waals surface area contributed by atoms with Gasteiger partial charge in [-0.1, -0.05) is 19.3 Å². The van der Waals surface area contributed by atoms with Crippen LogP contribution < -0.4 is 10.6 Å². The number of rotatable bonds is 1. The summed E-state index contributed by atoms with van der Waals surface area (Å²) in [5.41, 5.74) is 0. The number of hydroxylamine groups is 2. The first kappa shape index (κ1) is 12.9. The highest BCUT2D eigenvalue weighted by Gasteiger charge is 2.45. The largest absolute Gasteiger partial charge is 0.349 e. The third-order valence-corrected chi connectivity index (χ3v) is 4.80. The number of imide groups is 1. The standard InChI is InChI=1S/C13H21N3O3/c17-12-9-6-7-10(8-4-2-1-3-5-8)14-11(9)15-13(18)16(12)19/h8-11,14,19H,1-7H2,(H,15,18). The lowest BCUT2D eigenvalue weighted by molar-refractivity contribution is -0.164. The molecule has 1 saturated carbocycles. The van der Waals surface area contributed by atoms with E-state index in [1.54, 1.807) is 0 Å². The maximum atomic E-state index is 11.8. The summed E-state index contributed by atoms with van der Waals surface area (Å²) in [6, 6.07) is -0.331. The lowest BCUT2D eigenvalue weighted by Gasteiger charge is -2.44. The minimum atomic E-state index is -0.719. The molecule has 3 amide bonds. The van der Waals surface area contributed by atoms with Crippen LogP contribution >= 0.6 is 0 Å². The summed E-state index contributed by atoms with van der Waals surface area (Å²) in [5.74, 6) is -0.153. The van der Waals surface area contributed by atoms with Gasteiger partial charge < -0.3 is 5.32 Å². The van der Waals surface area contributed by atoms with Crippen LogP contribution in [0.4, 0.5) is 4.79 Å². The fraction of sp³-hybridized carbons (Fsp3) is 0.846. The highest BCUT2D eigenvalue weighted by atomic mass is 16.5. The van der Waals surface area contributed by atoms with Crippen LogP contribution in [0.15, 0.2) is 0 Å². The van der Waals surface area contributed by atoms with Gasteiger partial charge in [0.15, 0.2) is 0 Å². The molecule has 1 aliphatic carbocycles. The van der Waals surface area contributed by atoms with Crippen molar-refractivity contribution in [2.24, 2.45) is 11.8 Å². The van der Waals surface area contributed by atoms with E-state index in [0.717, 1.165) is 12.8 Å². The van der Waals surface area contributed by atoms with Crippen LogP contribution in [0.3, 0.4) is 0 Å². The molecule has 0 aromatic carbocycles. The van der Waals surface area contributed by atoms with Crippen LogP contribution in [0, 0.1) is 11.8 Å². The molecule has 3 aliphatic rings. The predicted octanol–water partition coefficient (Wildman–Crippen LogP) is 1.20. The summed E-state index contributed by atoms with van der Waals surface area (Å²) in [6.45, 7) is 0. The Labute approximate surface area is 112 Å². The van der Waals surface area contributed by atoms with Gasteiger partial charge in [0.05, 0.1) is 12.1 Å². The average molecular weight is 267 g/mol. The smallest absolute Gasteiger partial charge is 0.320 e. The van der Waals surface area contributed by atoms with Crippen molar-refractivity contribution in [1.82, 2.24) is 15.7 Å². The Hall–Kier alpha value is -1.14. The van der Waals surface area contributed by atoms with E-state index in [9.17, 15) is 14.8 Å². The van der Waals surface area contributed by atoms with Gasteiger partial charge in [-0.2, -0.15) is 0 Å². The zero-order valence-corrected chi connectivity index (χ0v) is 11.0. The number of carbonyl (C=O) groups excluding carboxylic acids is 2. The van der Waals surface area contributed by atoms with Crippen LogP contribution in [-0.2, 0) is 4.79 Å². The molecular formula is C13H21N3O3. The molecule has 3 atom stereocenters. The van der Waals surface area contributed by atoms with Crippen molar-refractivity contribution in [1.29, 1.82) is 0 Å². The predicted molar refractivity (Wildman–Crippen MR) is 67.2 cm³/mol. The molecule has 2 heterocycles. The molecule has 2 saturated heterocycles. The minimum absolute atomic E-state index is 0.212. The first-order valence-electron chi connectivity index (χ1n) is 7.26.